The van der Waals surface area contributed by atoms with Crippen molar-refractivity contribution in [2.24, 2.45) is 5.73 Å². The van der Waals surface area contributed by atoms with E-state index in [1.54, 1.807) is 0 Å². The zero-order valence-corrected chi connectivity index (χ0v) is 8.37. The minimum Gasteiger partial charge on any atom is -0.486 e. The summed E-state index contributed by atoms with van der Waals surface area (Å²) < 4.78 is 35.6. The van der Waals surface area contributed by atoms with Crippen molar-refractivity contribution < 1.29 is 18.3 Å². The lowest BCUT2D eigenvalue weighted by molar-refractivity contribution is 0.0856. The minimum absolute atomic E-state index is 0.111. The first kappa shape index (κ1) is 11.9. The third-order valence-electron chi connectivity index (χ3n) is 1.75. The molecular formula is C10H13F2NO2. The van der Waals surface area contributed by atoms with Gasteiger partial charge in [0.05, 0.1) is 6.61 Å². The van der Waals surface area contributed by atoms with E-state index >= 15 is 0 Å². The highest BCUT2D eigenvalue weighted by molar-refractivity contribution is 5.24. The van der Waals surface area contributed by atoms with Gasteiger partial charge >= 0.3 is 0 Å². The summed E-state index contributed by atoms with van der Waals surface area (Å²) in [6, 6.07) is 2.98. The molecule has 0 aromatic heterocycles. The monoisotopic (exact) mass is 217 g/mol. The molecule has 1 rings (SSSR count). The number of ether oxygens (including phenoxy) is 2. The fraction of sp³-hybridized carbons (Fsp3) is 0.400. The molecule has 1 aromatic carbocycles. The van der Waals surface area contributed by atoms with Crippen LogP contribution < -0.4 is 10.5 Å². The standard InChI is InChI=1S/C10H13F2NO2/c1-14-6-10(5-13)15-9-3-7(11)2-8(12)4-9/h2-4,10H,5-6,13H2,1H3. The zero-order valence-electron chi connectivity index (χ0n) is 8.37. The van der Waals surface area contributed by atoms with Crippen LogP contribution in [0.1, 0.15) is 0 Å². The molecule has 0 amide bonds. The molecule has 0 saturated carbocycles. The van der Waals surface area contributed by atoms with Crippen LogP contribution >= 0.6 is 0 Å². The molecule has 5 heteroatoms. The first-order chi connectivity index (χ1) is 7.15. The average molecular weight is 217 g/mol. The molecule has 2 N–H and O–H groups in total. The summed E-state index contributed by atoms with van der Waals surface area (Å²) in [7, 11) is 1.50. The molecule has 0 spiro atoms. The van der Waals surface area contributed by atoms with Crippen LogP contribution in [0.2, 0.25) is 0 Å². The van der Waals surface area contributed by atoms with E-state index in [1.807, 2.05) is 0 Å². The number of rotatable bonds is 5. The van der Waals surface area contributed by atoms with Crippen LogP contribution in [0.15, 0.2) is 18.2 Å². The summed E-state index contributed by atoms with van der Waals surface area (Å²) in [5.74, 6) is -1.25. The SMILES string of the molecule is COCC(CN)Oc1cc(F)cc(F)c1. The van der Waals surface area contributed by atoms with E-state index in [9.17, 15) is 8.78 Å². The number of nitrogens with two attached hydrogens (primary N) is 1. The lowest BCUT2D eigenvalue weighted by atomic mass is 10.3. The molecule has 1 aromatic rings. The highest BCUT2D eigenvalue weighted by atomic mass is 19.1. The van der Waals surface area contributed by atoms with Gasteiger partial charge in [-0.1, -0.05) is 0 Å². The van der Waals surface area contributed by atoms with Gasteiger partial charge in [0.1, 0.15) is 23.5 Å². The molecule has 84 valence electrons. The van der Waals surface area contributed by atoms with Gasteiger partial charge in [-0.15, -0.1) is 0 Å². The molecule has 0 aliphatic carbocycles. The van der Waals surface area contributed by atoms with Gasteiger partial charge in [-0.05, 0) is 0 Å². The van der Waals surface area contributed by atoms with Crippen LogP contribution in [0.4, 0.5) is 8.78 Å². The van der Waals surface area contributed by atoms with E-state index in [4.69, 9.17) is 15.2 Å². The third kappa shape index (κ3) is 3.81. The zero-order chi connectivity index (χ0) is 11.3. The molecule has 0 aliphatic rings. The van der Waals surface area contributed by atoms with E-state index in [2.05, 4.69) is 0 Å². The fourth-order valence-electron chi connectivity index (χ4n) is 1.13. The predicted molar refractivity (Wildman–Crippen MR) is 51.7 cm³/mol. The molecule has 15 heavy (non-hydrogen) atoms. The predicted octanol–water partition coefficient (Wildman–Crippen LogP) is 1.32. The second kappa shape index (κ2) is 5.63. The Morgan fingerprint density at radius 1 is 1.27 bits per heavy atom. The highest BCUT2D eigenvalue weighted by Gasteiger charge is 2.09. The lowest BCUT2D eigenvalue weighted by Gasteiger charge is -2.16. The summed E-state index contributed by atoms with van der Waals surface area (Å²) in [6.07, 6.45) is -0.406. The molecule has 0 radical (unpaired) electrons. The van der Waals surface area contributed by atoms with Gasteiger partial charge in [-0.2, -0.15) is 0 Å². The Morgan fingerprint density at radius 2 is 1.87 bits per heavy atom. The topological polar surface area (TPSA) is 44.5 Å². The van der Waals surface area contributed by atoms with Gasteiger partial charge in [0, 0.05) is 31.9 Å². The third-order valence-corrected chi connectivity index (χ3v) is 1.75. The van der Waals surface area contributed by atoms with E-state index in [1.165, 1.54) is 7.11 Å². The van der Waals surface area contributed by atoms with Gasteiger partial charge in [0.15, 0.2) is 0 Å². The maximum atomic E-state index is 12.8. The Bertz CT molecular complexity index is 300. The fourth-order valence-corrected chi connectivity index (χ4v) is 1.13. The Balaban J connectivity index is 2.69. The first-order valence-electron chi connectivity index (χ1n) is 4.47. The van der Waals surface area contributed by atoms with Crippen molar-refractivity contribution in [3.8, 4) is 5.75 Å². The quantitative estimate of drug-likeness (QED) is 0.808. The molecule has 0 aliphatic heterocycles. The normalized spacial score (nSPS) is 12.5. The maximum absolute atomic E-state index is 12.8. The number of benzene rings is 1. The van der Waals surface area contributed by atoms with Crippen LogP contribution in [0.3, 0.4) is 0 Å². The van der Waals surface area contributed by atoms with Gasteiger partial charge in [-0.3, -0.25) is 0 Å². The Hall–Kier alpha value is -1.20. The van der Waals surface area contributed by atoms with Crippen molar-refractivity contribution in [1.29, 1.82) is 0 Å². The summed E-state index contributed by atoms with van der Waals surface area (Å²) in [4.78, 5) is 0. The highest BCUT2D eigenvalue weighted by Crippen LogP contribution is 2.16. The van der Waals surface area contributed by atoms with Crippen LogP contribution in [0, 0.1) is 11.6 Å². The van der Waals surface area contributed by atoms with E-state index in [0.717, 1.165) is 18.2 Å². The minimum atomic E-state index is -0.682. The summed E-state index contributed by atoms with van der Waals surface area (Å²) in [5.41, 5.74) is 5.39. The first-order valence-corrected chi connectivity index (χ1v) is 4.47. The molecular weight excluding hydrogens is 204 g/mol. The summed E-state index contributed by atoms with van der Waals surface area (Å²) in [6.45, 7) is 0.487. The van der Waals surface area contributed by atoms with E-state index in [-0.39, 0.29) is 18.9 Å². The van der Waals surface area contributed by atoms with Crippen molar-refractivity contribution in [3.05, 3.63) is 29.8 Å². The largest absolute Gasteiger partial charge is 0.486 e. The molecule has 1 unspecified atom stereocenters. The second-order valence-corrected chi connectivity index (χ2v) is 3.04. The molecule has 0 heterocycles. The number of hydrogen-bond donors (Lipinski definition) is 1. The van der Waals surface area contributed by atoms with Crippen LogP contribution in [0.5, 0.6) is 5.75 Å². The van der Waals surface area contributed by atoms with Gasteiger partial charge in [0.2, 0.25) is 0 Å². The van der Waals surface area contributed by atoms with Gasteiger partial charge in [0.25, 0.3) is 0 Å². The van der Waals surface area contributed by atoms with Crippen molar-refractivity contribution in [2.45, 2.75) is 6.10 Å². The van der Waals surface area contributed by atoms with E-state index < -0.39 is 17.7 Å². The second-order valence-electron chi connectivity index (χ2n) is 3.04. The van der Waals surface area contributed by atoms with Crippen LogP contribution in [-0.2, 0) is 4.74 Å². The average Bonchev–Trinajstić information content (AvgIpc) is 2.15. The van der Waals surface area contributed by atoms with E-state index in [0.29, 0.717) is 0 Å². The van der Waals surface area contributed by atoms with Crippen LogP contribution in [0.25, 0.3) is 0 Å². The molecule has 3 nitrogen and oxygen atoms in total. The molecule has 1 atom stereocenters. The Morgan fingerprint density at radius 3 is 2.33 bits per heavy atom. The molecule has 0 saturated heterocycles. The molecule has 0 fully saturated rings. The maximum Gasteiger partial charge on any atom is 0.134 e. The Kier molecular flexibility index (Phi) is 4.45. The number of halogens is 2. The summed E-state index contributed by atoms with van der Waals surface area (Å²) in [5, 5.41) is 0. The van der Waals surface area contributed by atoms with Crippen molar-refractivity contribution >= 4 is 0 Å². The van der Waals surface area contributed by atoms with Gasteiger partial charge < -0.3 is 15.2 Å². The molecule has 0 bridgehead atoms. The Labute approximate surface area is 86.8 Å². The lowest BCUT2D eigenvalue weighted by Crippen LogP contribution is -2.31. The number of hydrogen-bond acceptors (Lipinski definition) is 3. The van der Waals surface area contributed by atoms with Crippen LogP contribution in [-0.4, -0.2) is 26.4 Å². The van der Waals surface area contributed by atoms with Crippen molar-refractivity contribution in [3.63, 3.8) is 0 Å². The van der Waals surface area contributed by atoms with Crippen molar-refractivity contribution in [2.75, 3.05) is 20.3 Å². The van der Waals surface area contributed by atoms with Gasteiger partial charge in [-0.25, -0.2) is 8.78 Å². The number of methoxy groups -OCH3 is 1. The van der Waals surface area contributed by atoms with Crippen molar-refractivity contribution in [1.82, 2.24) is 0 Å². The smallest absolute Gasteiger partial charge is 0.134 e. The summed E-state index contributed by atoms with van der Waals surface area (Å²) >= 11 is 0.